The second-order valence-corrected chi connectivity index (χ2v) is 6.46. The molecule has 0 atom stereocenters. The van der Waals surface area contributed by atoms with Crippen molar-refractivity contribution in [1.82, 2.24) is 9.80 Å². The number of para-hydroxylation sites is 1. The van der Waals surface area contributed by atoms with E-state index in [4.69, 9.17) is 4.74 Å². The van der Waals surface area contributed by atoms with Crippen LogP contribution in [0, 0.1) is 0 Å². The molecule has 0 radical (unpaired) electrons. The summed E-state index contributed by atoms with van der Waals surface area (Å²) in [5.74, 6) is 0.685. The van der Waals surface area contributed by atoms with E-state index in [9.17, 15) is 4.79 Å². The van der Waals surface area contributed by atoms with Crippen LogP contribution < -0.4 is 4.74 Å². The van der Waals surface area contributed by atoms with E-state index < -0.39 is 0 Å². The first-order valence-corrected chi connectivity index (χ1v) is 9.01. The Hall–Kier alpha value is -2.17. The second kappa shape index (κ2) is 9.35. The first kappa shape index (κ1) is 17.6. The zero-order chi connectivity index (χ0) is 17.3. The van der Waals surface area contributed by atoms with Crippen molar-refractivity contribution in [1.29, 1.82) is 0 Å². The Morgan fingerprint density at radius 2 is 1.56 bits per heavy atom. The molecule has 1 fully saturated rings. The molecule has 25 heavy (non-hydrogen) atoms. The molecule has 0 saturated carbocycles. The molecule has 1 saturated heterocycles. The summed E-state index contributed by atoms with van der Waals surface area (Å²) in [4.78, 5) is 16.0. The third-order valence-corrected chi connectivity index (χ3v) is 4.64. The molecule has 1 aliphatic heterocycles. The summed E-state index contributed by atoms with van der Waals surface area (Å²) >= 11 is 0. The van der Waals surface area contributed by atoms with E-state index in [0.717, 1.165) is 52.0 Å². The van der Waals surface area contributed by atoms with Crippen molar-refractivity contribution in [2.45, 2.75) is 13.0 Å². The molecule has 0 spiro atoms. The maximum absolute atomic E-state index is 11.0. The highest BCUT2D eigenvalue weighted by atomic mass is 16.5. The Labute approximate surface area is 150 Å². The highest BCUT2D eigenvalue weighted by molar-refractivity contribution is 5.79. The largest absolute Gasteiger partial charge is 0.493 e. The van der Waals surface area contributed by atoms with Crippen LogP contribution in [0.4, 0.5) is 0 Å². The van der Waals surface area contributed by atoms with Gasteiger partial charge in [0.2, 0.25) is 0 Å². The van der Waals surface area contributed by atoms with Gasteiger partial charge in [0.1, 0.15) is 5.75 Å². The Morgan fingerprint density at radius 1 is 0.880 bits per heavy atom. The van der Waals surface area contributed by atoms with Crippen LogP contribution in [0.25, 0.3) is 0 Å². The number of nitrogens with zero attached hydrogens (tertiary/aromatic N) is 2. The third kappa shape index (κ3) is 5.41. The predicted octanol–water partition coefficient (Wildman–Crippen LogP) is 3.09. The molecule has 132 valence electrons. The van der Waals surface area contributed by atoms with E-state index in [2.05, 4.69) is 40.1 Å². The number of hydrogen-bond acceptors (Lipinski definition) is 4. The van der Waals surface area contributed by atoms with Gasteiger partial charge in [0.15, 0.2) is 6.29 Å². The van der Waals surface area contributed by atoms with Crippen LogP contribution in [0.3, 0.4) is 0 Å². The first-order valence-electron chi connectivity index (χ1n) is 9.01. The van der Waals surface area contributed by atoms with Crippen LogP contribution >= 0.6 is 0 Å². The number of piperazine rings is 1. The van der Waals surface area contributed by atoms with Crippen LogP contribution in [0.2, 0.25) is 0 Å². The predicted molar refractivity (Wildman–Crippen MR) is 100 cm³/mol. The average molecular weight is 338 g/mol. The maximum Gasteiger partial charge on any atom is 0.153 e. The molecule has 0 N–H and O–H groups in total. The standard InChI is InChI=1S/C21H26N2O2/c24-18-20-9-4-5-10-21(20)25-16-6-11-22-12-14-23(15-13-22)17-19-7-2-1-3-8-19/h1-5,7-10,18H,6,11-17H2. The fourth-order valence-electron chi connectivity index (χ4n) is 3.19. The van der Waals surface area contributed by atoms with E-state index in [-0.39, 0.29) is 0 Å². The minimum absolute atomic E-state index is 0.622. The highest BCUT2D eigenvalue weighted by Gasteiger charge is 2.16. The Morgan fingerprint density at radius 3 is 2.32 bits per heavy atom. The first-order chi connectivity index (χ1) is 12.3. The lowest BCUT2D eigenvalue weighted by atomic mass is 10.2. The lowest BCUT2D eigenvalue weighted by Crippen LogP contribution is -2.46. The third-order valence-electron chi connectivity index (χ3n) is 4.64. The Kier molecular flexibility index (Phi) is 6.60. The van der Waals surface area contributed by atoms with Gasteiger partial charge in [-0.05, 0) is 24.1 Å². The number of rotatable bonds is 8. The summed E-state index contributed by atoms with van der Waals surface area (Å²) in [6.07, 6.45) is 1.83. The van der Waals surface area contributed by atoms with E-state index in [1.165, 1.54) is 5.56 Å². The monoisotopic (exact) mass is 338 g/mol. The molecule has 2 aromatic rings. The van der Waals surface area contributed by atoms with E-state index in [0.29, 0.717) is 17.9 Å². The topological polar surface area (TPSA) is 32.8 Å². The fraction of sp³-hybridized carbons (Fsp3) is 0.381. The van der Waals surface area contributed by atoms with Gasteiger partial charge in [-0.15, -0.1) is 0 Å². The lowest BCUT2D eigenvalue weighted by molar-refractivity contribution is 0.111. The van der Waals surface area contributed by atoms with Crippen LogP contribution in [-0.4, -0.2) is 55.4 Å². The molecule has 0 unspecified atom stereocenters. The quantitative estimate of drug-likeness (QED) is 0.547. The molecular formula is C21H26N2O2. The van der Waals surface area contributed by atoms with Crippen molar-refractivity contribution < 1.29 is 9.53 Å². The highest BCUT2D eigenvalue weighted by Crippen LogP contribution is 2.16. The van der Waals surface area contributed by atoms with Crippen molar-refractivity contribution in [3.8, 4) is 5.75 Å². The van der Waals surface area contributed by atoms with Crippen molar-refractivity contribution in [2.24, 2.45) is 0 Å². The SMILES string of the molecule is O=Cc1ccccc1OCCCN1CCN(Cc2ccccc2)CC1. The van der Waals surface area contributed by atoms with Crippen LogP contribution in [0.1, 0.15) is 22.3 Å². The average Bonchev–Trinajstić information content (AvgIpc) is 2.67. The number of carbonyl (C=O) groups excluding carboxylic acids is 1. The van der Waals surface area contributed by atoms with Gasteiger partial charge in [-0.25, -0.2) is 0 Å². The minimum Gasteiger partial charge on any atom is -0.493 e. The van der Waals surface area contributed by atoms with Gasteiger partial charge in [0.05, 0.1) is 12.2 Å². The van der Waals surface area contributed by atoms with Gasteiger partial charge >= 0.3 is 0 Å². The van der Waals surface area contributed by atoms with Crippen molar-refractivity contribution in [3.63, 3.8) is 0 Å². The van der Waals surface area contributed by atoms with Crippen molar-refractivity contribution in [3.05, 3.63) is 65.7 Å². The number of ether oxygens (including phenoxy) is 1. The normalized spacial score (nSPS) is 15.8. The molecule has 1 heterocycles. The van der Waals surface area contributed by atoms with E-state index in [1.54, 1.807) is 6.07 Å². The van der Waals surface area contributed by atoms with Crippen molar-refractivity contribution >= 4 is 6.29 Å². The number of aldehydes is 1. The summed E-state index contributed by atoms with van der Waals surface area (Å²) < 4.78 is 5.75. The number of carbonyl (C=O) groups is 1. The van der Waals surface area contributed by atoms with Gasteiger partial charge in [0.25, 0.3) is 0 Å². The summed E-state index contributed by atoms with van der Waals surface area (Å²) in [7, 11) is 0. The molecular weight excluding hydrogens is 312 g/mol. The summed E-state index contributed by atoms with van der Waals surface area (Å²) in [5, 5.41) is 0. The molecule has 4 heteroatoms. The van der Waals surface area contributed by atoms with Crippen LogP contribution in [0.15, 0.2) is 54.6 Å². The molecule has 0 aromatic heterocycles. The Bertz CT molecular complexity index is 652. The molecule has 0 bridgehead atoms. The molecule has 4 nitrogen and oxygen atoms in total. The number of benzene rings is 2. The van der Waals surface area contributed by atoms with Gasteiger partial charge in [0, 0.05) is 39.3 Å². The maximum atomic E-state index is 11.0. The zero-order valence-electron chi connectivity index (χ0n) is 14.6. The van der Waals surface area contributed by atoms with Gasteiger partial charge in [-0.3, -0.25) is 9.69 Å². The fourth-order valence-corrected chi connectivity index (χ4v) is 3.19. The zero-order valence-corrected chi connectivity index (χ0v) is 14.6. The van der Waals surface area contributed by atoms with Gasteiger partial charge in [-0.1, -0.05) is 42.5 Å². The molecule has 3 rings (SSSR count). The molecule has 1 aliphatic rings. The number of hydrogen-bond donors (Lipinski definition) is 0. The Balaban J connectivity index is 1.33. The molecule has 2 aromatic carbocycles. The molecule has 0 aliphatic carbocycles. The van der Waals surface area contributed by atoms with Gasteiger partial charge in [-0.2, -0.15) is 0 Å². The van der Waals surface area contributed by atoms with Crippen molar-refractivity contribution in [2.75, 3.05) is 39.3 Å². The smallest absolute Gasteiger partial charge is 0.153 e. The lowest BCUT2D eigenvalue weighted by Gasteiger charge is -2.34. The molecule has 0 amide bonds. The van der Waals surface area contributed by atoms with E-state index >= 15 is 0 Å². The van der Waals surface area contributed by atoms with E-state index in [1.807, 2.05) is 18.2 Å². The summed E-state index contributed by atoms with van der Waals surface area (Å²) in [6.45, 7) is 7.18. The van der Waals surface area contributed by atoms with Crippen LogP contribution in [0.5, 0.6) is 5.75 Å². The second-order valence-electron chi connectivity index (χ2n) is 6.46. The van der Waals surface area contributed by atoms with Gasteiger partial charge < -0.3 is 9.64 Å². The van der Waals surface area contributed by atoms with Crippen LogP contribution in [-0.2, 0) is 6.54 Å². The summed E-state index contributed by atoms with van der Waals surface area (Å²) in [5.41, 5.74) is 2.01. The minimum atomic E-state index is 0.622. The summed E-state index contributed by atoms with van der Waals surface area (Å²) in [6, 6.07) is 18.1.